The molecule has 0 radical (unpaired) electrons. The molecule has 0 N–H and O–H groups in total. The van der Waals surface area contributed by atoms with E-state index in [1.165, 1.54) is 5.39 Å². The maximum atomic E-state index is 5.17. The van der Waals surface area contributed by atoms with Crippen molar-refractivity contribution in [2.75, 3.05) is 4.90 Å². The Kier molecular flexibility index (Phi) is 5.71. The molecule has 2 aromatic heterocycles. The number of para-hydroxylation sites is 2. The third-order valence-electron chi connectivity index (χ3n) is 7.68. The molecule has 6 aromatic carbocycles. The highest BCUT2D eigenvalue weighted by Gasteiger charge is 2.20. The highest BCUT2D eigenvalue weighted by atomic mass is 15.2. The van der Waals surface area contributed by atoms with Crippen molar-refractivity contribution in [3.8, 4) is 17.2 Å². The van der Waals surface area contributed by atoms with Gasteiger partial charge in [0.15, 0.2) is 11.6 Å². The molecule has 0 spiro atoms. The predicted molar refractivity (Wildman–Crippen MR) is 172 cm³/mol. The minimum atomic E-state index is 0.703. The molecule has 8 aromatic rings. The lowest BCUT2D eigenvalue weighted by molar-refractivity contribution is 1.06. The van der Waals surface area contributed by atoms with Crippen molar-refractivity contribution in [3.63, 3.8) is 0 Å². The van der Waals surface area contributed by atoms with Crippen LogP contribution in [-0.4, -0.2) is 19.5 Å². The van der Waals surface area contributed by atoms with Crippen LogP contribution in [0.3, 0.4) is 0 Å². The zero-order chi connectivity index (χ0) is 27.9. The predicted octanol–water partition coefficient (Wildman–Crippen LogP) is 9.26. The molecule has 5 nitrogen and oxygen atoms in total. The Hall–Kier alpha value is -5.81. The quantitative estimate of drug-likeness (QED) is 0.219. The van der Waals surface area contributed by atoms with Gasteiger partial charge in [-0.15, -0.1) is 0 Å². The average molecular weight is 540 g/mol. The number of anilines is 3. The first-order valence-corrected chi connectivity index (χ1v) is 14.0. The van der Waals surface area contributed by atoms with Crippen molar-refractivity contribution in [2.24, 2.45) is 0 Å². The van der Waals surface area contributed by atoms with Crippen molar-refractivity contribution in [3.05, 3.63) is 152 Å². The Labute approximate surface area is 243 Å². The number of aromatic nitrogens is 4. The molecule has 0 atom stereocenters. The van der Waals surface area contributed by atoms with Crippen LogP contribution in [0, 0.1) is 0 Å². The summed E-state index contributed by atoms with van der Waals surface area (Å²) in [7, 11) is 0. The second-order valence-corrected chi connectivity index (χ2v) is 10.2. The van der Waals surface area contributed by atoms with Crippen LogP contribution >= 0.6 is 0 Å². The summed E-state index contributed by atoms with van der Waals surface area (Å²) in [5.41, 5.74) is 5.76. The molecule has 0 fully saturated rings. The molecule has 0 aliphatic carbocycles. The molecular formula is C37H25N5. The van der Waals surface area contributed by atoms with Crippen LogP contribution < -0.4 is 4.90 Å². The van der Waals surface area contributed by atoms with Crippen molar-refractivity contribution < 1.29 is 0 Å². The molecule has 8 rings (SSSR count). The summed E-state index contributed by atoms with van der Waals surface area (Å²) in [6.45, 7) is 0. The van der Waals surface area contributed by atoms with E-state index >= 15 is 0 Å². The maximum Gasteiger partial charge on any atom is 0.166 e. The van der Waals surface area contributed by atoms with Crippen molar-refractivity contribution in [1.82, 2.24) is 19.5 Å². The zero-order valence-electron chi connectivity index (χ0n) is 22.7. The fraction of sp³-hybridized carbons (Fsp3) is 0. The monoisotopic (exact) mass is 539 g/mol. The summed E-state index contributed by atoms with van der Waals surface area (Å²) >= 11 is 0. The minimum absolute atomic E-state index is 0.703. The van der Waals surface area contributed by atoms with Gasteiger partial charge in [0.1, 0.15) is 5.69 Å². The molecule has 0 aliphatic rings. The number of benzene rings is 6. The molecule has 0 saturated carbocycles. The molecule has 2 heterocycles. The lowest BCUT2D eigenvalue weighted by Crippen LogP contribution is -2.12. The molecule has 0 aliphatic heterocycles. The average Bonchev–Trinajstić information content (AvgIpc) is 3.47. The summed E-state index contributed by atoms with van der Waals surface area (Å²) in [6.07, 6.45) is 3.68. The van der Waals surface area contributed by atoms with Gasteiger partial charge in [-0.25, -0.2) is 15.0 Å². The molecule has 5 heteroatoms. The van der Waals surface area contributed by atoms with E-state index in [2.05, 4.69) is 113 Å². The van der Waals surface area contributed by atoms with E-state index in [9.17, 15) is 0 Å². The summed E-state index contributed by atoms with van der Waals surface area (Å²) in [5.74, 6) is 1.48. The lowest BCUT2D eigenvalue weighted by atomic mass is 10.1. The van der Waals surface area contributed by atoms with Gasteiger partial charge in [0, 0.05) is 22.1 Å². The van der Waals surface area contributed by atoms with Gasteiger partial charge < -0.3 is 0 Å². The van der Waals surface area contributed by atoms with Crippen LogP contribution in [0.25, 0.3) is 49.8 Å². The van der Waals surface area contributed by atoms with Crippen LogP contribution in [-0.2, 0) is 0 Å². The van der Waals surface area contributed by atoms with E-state index in [1.54, 1.807) is 0 Å². The van der Waals surface area contributed by atoms with Crippen molar-refractivity contribution in [1.29, 1.82) is 0 Å². The summed E-state index contributed by atoms with van der Waals surface area (Å²) in [6, 6.07) is 48.0. The summed E-state index contributed by atoms with van der Waals surface area (Å²) in [5, 5.41) is 4.59. The van der Waals surface area contributed by atoms with Gasteiger partial charge in [-0.05, 0) is 47.2 Å². The number of hydrogen-bond donors (Lipinski definition) is 0. The van der Waals surface area contributed by atoms with E-state index in [0.717, 1.165) is 55.9 Å². The highest BCUT2D eigenvalue weighted by molar-refractivity contribution is 6.06. The lowest BCUT2D eigenvalue weighted by Gasteiger charge is -2.25. The third kappa shape index (κ3) is 3.99. The van der Waals surface area contributed by atoms with Gasteiger partial charge in [0.05, 0.1) is 29.1 Å². The highest BCUT2D eigenvalue weighted by Crippen LogP contribution is 2.38. The fourth-order valence-corrected chi connectivity index (χ4v) is 5.75. The van der Waals surface area contributed by atoms with Crippen LogP contribution in [0.4, 0.5) is 17.2 Å². The Balaban J connectivity index is 1.31. The molecule has 0 unspecified atom stereocenters. The first-order valence-electron chi connectivity index (χ1n) is 14.0. The van der Waals surface area contributed by atoms with E-state index in [-0.39, 0.29) is 0 Å². The van der Waals surface area contributed by atoms with Gasteiger partial charge >= 0.3 is 0 Å². The van der Waals surface area contributed by atoms with Crippen LogP contribution in [0.2, 0.25) is 0 Å². The van der Waals surface area contributed by atoms with Crippen LogP contribution in [0.15, 0.2) is 152 Å². The normalized spacial score (nSPS) is 11.3. The summed E-state index contributed by atoms with van der Waals surface area (Å²) in [4.78, 5) is 17.3. The second kappa shape index (κ2) is 9.98. The first-order chi connectivity index (χ1) is 20.8. The van der Waals surface area contributed by atoms with Crippen molar-refractivity contribution >= 4 is 49.8 Å². The molecule has 42 heavy (non-hydrogen) atoms. The van der Waals surface area contributed by atoms with Gasteiger partial charge in [-0.1, -0.05) is 103 Å². The number of imidazole rings is 1. The van der Waals surface area contributed by atoms with Gasteiger partial charge in [-0.3, -0.25) is 9.47 Å². The van der Waals surface area contributed by atoms with E-state index in [4.69, 9.17) is 15.0 Å². The van der Waals surface area contributed by atoms with E-state index < -0.39 is 0 Å². The molecular weight excluding hydrogens is 514 g/mol. The Morgan fingerprint density at radius 1 is 0.524 bits per heavy atom. The van der Waals surface area contributed by atoms with Crippen molar-refractivity contribution in [2.45, 2.75) is 0 Å². The Morgan fingerprint density at radius 3 is 1.95 bits per heavy atom. The largest absolute Gasteiger partial charge is 0.293 e. The molecule has 0 bridgehead atoms. The number of rotatable bonds is 5. The van der Waals surface area contributed by atoms with Gasteiger partial charge in [0.25, 0.3) is 0 Å². The minimum Gasteiger partial charge on any atom is -0.293 e. The molecule has 0 saturated heterocycles. The molecule has 0 amide bonds. The number of nitrogens with zero attached hydrogens (tertiary/aromatic N) is 5. The SMILES string of the molecule is c1ccc(N(c2cnc(-c3nc4c5ccccc5ccc4n3-c3ccccc3)cn2)c2cccc3ccccc23)cc1. The van der Waals surface area contributed by atoms with E-state index in [1.807, 2.05) is 48.8 Å². The van der Waals surface area contributed by atoms with E-state index in [0.29, 0.717) is 5.69 Å². The van der Waals surface area contributed by atoms with Crippen LogP contribution in [0.5, 0.6) is 0 Å². The number of hydrogen-bond acceptors (Lipinski definition) is 4. The standard InChI is InChI=1S/C37H25N5/c1-3-15-28(16-4-1)41(33-21-11-14-26-12-7-9-19-30(26)33)35-25-38-32(24-39-35)37-40-36-31-20-10-8-13-27(31)22-23-34(36)42(37)29-17-5-2-6-18-29/h1-25H. The second-order valence-electron chi connectivity index (χ2n) is 10.2. The maximum absolute atomic E-state index is 5.17. The van der Waals surface area contributed by atoms with Crippen LogP contribution in [0.1, 0.15) is 0 Å². The molecule has 198 valence electrons. The topological polar surface area (TPSA) is 46.8 Å². The Morgan fingerprint density at radius 2 is 1.19 bits per heavy atom. The third-order valence-corrected chi connectivity index (χ3v) is 7.68. The Bertz CT molecular complexity index is 2180. The fourth-order valence-electron chi connectivity index (χ4n) is 5.75. The zero-order valence-corrected chi connectivity index (χ0v) is 22.7. The van der Waals surface area contributed by atoms with Gasteiger partial charge in [0.2, 0.25) is 0 Å². The summed E-state index contributed by atoms with van der Waals surface area (Å²) < 4.78 is 2.17. The van der Waals surface area contributed by atoms with Gasteiger partial charge in [-0.2, -0.15) is 0 Å². The number of fused-ring (bicyclic) bond motifs is 4. The smallest absolute Gasteiger partial charge is 0.166 e. The first kappa shape index (κ1) is 24.0.